The molecule has 0 aliphatic heterocycles. The maximum Gasteiger partial charge on any atom is 0.161 e. The largest absolute Gasteiger partial charge is 0.366 e. The molecule has 86 valence electrons. The van der Waals surface area contributed by atoms with E-state index in [9.17, 15) is 4.79 Å². The number of hydrogen-bond acceptors (Lipinski definition) is 2. The lowest BCUT2D eigenvalue weighted by atomic mass is 10.00. The molecule has 0 N–H and O–H groups in total. The van der Waals surface area contributed by atoms with E-state index in [1.807, 2.05) is 0 Å². The van der Waals surface area contributed by atoms with Gasteiger partial charge in [0.25, 0.3) is 0 Å². The van der Waals surface area contributed by atoms with Crippen molar-refractivity contribution >= 4 is 5.78 Å². The minimum atomic E-state index is -0.183. The molecule has 2 heteroatoms. The number of rotatable bonds is 8. The number of hydrogen-bond donors (Lipinski definition) is 0. The Bertz CT molecular complexity index is 217. The molecular weight excluding hydrogens is 188 g/mol. The zero-order chi connectivity index (χ0) is 11.3. The first kappa shape index (κ1) is 12.4. The molecule has 1 saturated carbocycles. The summed E-state index contributed by atoms with van der Waals surface area (Å²) in [5.74, 6) is 1.42. The molecule has 0 aromatic carbocycles. The van der Waals surface area contributed by atoms with Gasteiger partial charge in [0.05, 0.1) is 6.61 Å². The van der Waals surface area contributed by atoms with Crippen LogP contribution in [0.4, 0.5) is 0 Å². The van der Waals surface area contributed by atoms with Gasteiger partial charge in [-0.2, -0.15) is 0 Å². The minimum Gasteiger partial charge on any atom is -0.366 e. The molecular formula is C13H22O2. The third-order valence-corrected chi connectivity index (χ3v) is 2.63. The number of carbonyl (C=O) groups is 1. The Morgan fingerprint density at radius 2 is 2.20 bits per heavy atom. The highest BCUT2D eigenvalue weighted by Crippen LogP contribution is 2.34. The van der Waals surface area contributed by atoms with Crippen molar-refractivity contribution in [2.75, 3.05) is 6.61 Å². The summed E-state index contributed by atoms with van der Waals surface area (Å²) in [5.41, 5.74) is 0. The molecule has 0 bridgehead atoms. The van der Waals surface area contributed by atoms with E-state index in [1.165, 1.54) is 12.8 Å². The van der Waals surface area contributed by atoms with Crippen LogP contribution in [0, 0.1) is 11.8 Å². The molecule has 1 aliphatic rings. The maximum atomic E-state index is 11.9. The Hall–Kier alpha value is -0.630. The van der Waals surface area contributed by atoms with Crippen molar-refractivity contribution in [2.24, 2.45) is 11.8 Å². The Morgan fingerprint density at radius 3 is 2.67 bits per heavy atom. The monoisotopic (exact) mass is 210 g/mol. The SMILES string of the molecule is C=CCOC(CC1CC1)C(=O)CC(C)C. The summed E-state index contributed by atoms with van der Waals surface area (Å²) < 4.78 is 5.54. The summed E-state index contributed by atoms with van der Waals surface area (Å²) in [7, 11) is 0. The van der Waals surface area contributed by atoms with Crippen LogP contribution in [0.3, 0.4) is 0 Å². The van der Waals surface area contributed by atoms with Gasteiger partial charge < -0.3 is 4.74 Å². The van der Waals surface area contributed by atoms with Gasteiger partial charge in [-0.15, -0.1) is 6.58 Å². The van der Waals surface area contributed by atoms with Gasteiger partial charge in [-0.05, 0) is 18.3 Å². The number of Topliss-reactive ketones (excluding diaryl/α,β-unsaturated/α-hetero) is 1. The van der Waals surface area contributed by atoms with E-state index in [1.54, 1.807) is 6.08 Å². The van der Waals surface area contributed by atoms with Crippen molar-refractivity contribution < 1.29 is 9.53 Å². The average molecular weight is 210 g/mol. The molecule has 1 aliphatic carbocycles. The molecule has 0 spiro atoms. The first-order chi connectivity index (χ1) is 7.13. The zero-order valence-electron chi connectivity index (χ0n) is 9.87. The lowest BCUT2D eigenvalue weighted by molar-refractivity contribution is -0.131. The van der Waals surface area contributed by atoms with Crippen molar-refractivity contribution in [3.05, 3.63) is 12.7 Å². The van der Waals surface area contributed by atoms with Gasteiger partial charge in [0.1, 0.15) is 6.10 Å². The molecule has 0 aromatic heterocycles. The molecule has 1 rings (SSSR count). The van der Waals surface area contributed by atoms with Crippen LogP contribution < -0.4 is 0 Å². The molecule has 1 fully saturated rings. The van der Waals surface area contributed by atoms with Crippen LogP contribution in [0.25, 0.3) is 0 Å². The molecule has 2 nitrogen and oxygen atoms in total. The van der Waals surface area contributed by atoms with Gasteiger partial charge in [-0.3, -0.25) is 4.79 Å². The number of ketones is 1. The van der Waals surface area contributed by atoms with E-state index >= 15 is 0 Å². The fourth-order valence-corrected chi connectivity index (χ4v) is 1.67. The maximum absolute atomic E-state index is 11.9. The fourth-order valence-electron chi connectivity index (χ4n) is 1.67. The lowest BCUT2D eigenvalue weighted by Crippen LogP contribution is -2.26. The molecule has 1 atom stereocenters. The standard InChI is InChI=1S/C13H22O2/c1-4-7-15-13(9-11-5-6-11)12(14)8-10(2)3/h4,10-11,13H,1,5-9H2,2-3H3. The summed E-state index contributed by atoms with van der Waals surface area (Å²) in [6.07, 6.45) is 5.61. The molecule has 15 heavy (non-hydrogen) atoms. The Labute approximate surface area is 92.7 Å². The third kappa shape index (κ3) is 5.12. The van der Waals surface area contributed by atoms with Crippen molar-refractivity contribution in [2.45, 2.75) is 45.6 Å². The Morgan fingerprint density at radius 1 is 1.53 bits per heavy atom. The van der Waals surface area contributed by atoms with Crippen molar-refractivity contribution in [3.63, 3.8) is 0 Å². The summed E-state index contributed by atoms with van der Waals surface area (Å²) in [6, 6.07) is 0. The van der Waals surface area contributed by atoms with Gasteiger partial charge >= 0.3 is 0 Å². The summed E-state index contributed by atoms with van der Waals surface area (Å²) in [6.45, 7) is 8.24. The quantitative estimate of drug-likeness (QED) is 0.576. The van der Waals surface area contributed by atoms with E-state index in [2.05, 4.69) is 20.4 Å². The Balaban J connectivity index is 2.37. The van der Waals surface area contributed by atoms with Crippen LogP contribution in [0.5, 0.6) is 0 Å². The lowest BCUT2D eigenvalue weighted by Gasteiger charge is -2.16. The molecule has 1 unspecified atom stereocenters. The predicted molar refractivity (Wildman–Crippen MR) is 61.7 cm³/mol. The van der Waals surface area contributed by atoms with Gasteiger partial charge in [0.2, 0.25) is 0 Å². The highest BCUT2D eigenvalue weighted by atomic mass is 16.5. The number of ether oxygens (including phenoxy) is 1. The summed E-state index contributed by atoms with van der Waals surface area (Å²) in [5, 5.41) is 0. The molecule has 0 amide bonds. The van der Waals surface area contributed by atoms with Crippen LogP contribution in [0.1, 0.15) is 39.5 Å². The molecule has 0 saturated heterocycles. The fraction of sp³-hybridized carbons (Fsp3) is 0.769. The van der Waals surface area contributed by atoms with Gasteiger partial charge in [-0.1, -0.05) is 32.8 Å². The van der Waals surface area contributed by atoms with E-state index in [4.69, 9.17) is 4.74 Å². The molecule has 0 aromatic rings. The second kappa shape index (κ2) is 6.06. The zero-order valence-corrected chi connectivity index (χ0v) is 9.87. The Kier molecular flexibility index (Phi) is 5.03. The van der Waals surface area contributed by atoms with Crippen LogP contribution in [0.2, 0.25) is 0 Å². The highest BCUT2D eigenvalue weighted by molar-refractivity contribution is 5.83. The summed E-state index contributed by atoms with van der Waals surface area (Å²) in [4.78, 5) is 11.9. The smallest absolute Gasteiger partial charge is 0.161 e. The van der Waals surface area contributed by atoms with Gasteiger partial charge in [0.15, 0.2) is 5.78 Å². The molecule has 0 radical (unpaired) electrons. The van der Waals surface area contributed by atoms with Crippen LogP contribution >= 0.6 is 0 Å². The van der Waals surface area contributed by atoms with E-state index < -0.39 is 0 Å². The van der Waals surface area contributed by atoms with E-state index in [-0.39, 0.29) is 11.9 Å². The van der Waals surface area contributed by atoms with E-state index in [0.717, 1.165) is 12.3 Å². The van der Waals surface area contributed by atoms with Gasteiger partial charge in [0, 0.05) is 6.42 Å². The molecule has 0 heterocycles. The van der Waals surface area contributed by atoms with Crippen molar-refractivity contribution in [1.29, 1.82) is 0 Å². The predicted octanol–water partition coefficient (Wildman–Crippen LogP) is 2.97. The third-order valence-electron chi connectivity index (χ3n) is 2.63. The first-order valence-corrected chi connectivity index (χ1v) is 5.88. The summed E-state index contributed by atoms with van der Waals surface area (Å²) >= 11 is 0. The first-order valence-electron chi connectivity index (χ1n) is 5.88. The second-order valence-corrected chi connectivity index (χ2v) is 4.85. The van der Waals surface area contributed by atoms with E-state index in [0.29, 0.717) is 18.9 Å². The van der Waals surface area contributed by atoms with Crippen molar-refractivity contribution in [1.82, 2.24) is 0 Å². The second-order valence-electron chi connectivity index (χ2n) is 4.85. The van der Waals surface area contributed by atoms with Crippen molar-refractivity contribution in [3.8, 4) is 0 Å². The number of carbonyl (C=O) groups excluding carboxylic acids is 1. The van der Waals surface area contributed by atoms with Gasteiger partial charge in [-0.25, -0.2) is 0 Å². The van der Waals surface area contributed by atoms with Crippen LogP contribution in [-0.4, -0.2) is 18.5 Å². The van der Waals surface area contributed by atoms with Crippen LogP contribution in [0.15, 0.2) is 12.7 Å². The normalized spacial score (nSPS) is 17.8. The highest BCUT2D eigenvalue weighted by Gasteiger charge is 2.29. The van der Waals surface area contributed by atoms with Crippen LogP contribution in [-0.2, 0) is 9.53 Å². The average Bonchev–Trinajstić information content (AvgIpc) is 2.94. The topological polar surface area (TPSA) is 26.3 Å². The minimum absolute atomic E-state index is 0.183.